The maximum atomic E-state index is 13.2. The molecule has 132 valence electrons. The number of piperazine rings is 1. The van der Waals surface area contributed by atoms with Crippen molar-refractivity contribution in [1.82, 2.24) is 9.80 Å². The first-order valence-electron chi connectivity index (χ1n) is 7.99. The predicted molar refractivity (Wildman–Crippen MR) is 83.4 cm³/mol. The number of likely N-dealkylation sites (N-methyl/N-ethyl adjacent to an activating group) is 1. The van der Waals surface area contributed by atoms with Crippen LogP contribution in [0.1, 0.15) is 42.1 Å². The Hall–Kier alpha value is -2.05. The molecule has 2 rings (SSSR count). The zero-order valence-corrected chi connectivity index (χ0v) is 13.8. The van der Waals surface area contributed by atoms with Crippen molar-refractivity contribution in [3.8, 4) is 0 Å². The molecule has 24 heavy (non-hydrogen) atoms. The predicted octanol–water partition coefficient (Wildman–Crippen LogP) is 3.18. The fraction of sp³-hybridized carbons (Fsp3) is 0.529. The summed E-state index contributed by atoms with van der Waals surface area (Å²) in [5, 5.41) is 0. The Kier molecular flexibility index (Phi) is 5.51. The minimum absolute atomic E-state index is 0.215. The Balaban J connectivity index is 2.35. The minimum atomic E-state index is -4.61. The number of nitrogens with zero attached hydrogens (tertiary/aromatic N) is 2. The molecule has 1 atom stereocenters. The number of carbonyl (C=O) groups is 2. The average molecular weight is 342 g/mol. The molecule has 0 bridgehead atoms. The Morgan fingerprint density at radius 1 is 1.25 bits per heavy atom. The first-order valence-corrected chi connectivity index (χ1v) is 7.99. The second-order valence-electron chi connectivity index (χ2n) is 5.96. The van der Waals surface area contributed by atoms with Crippen LogP contribution >= 0.6 is 0 Å². The van der Waals surface area contributed by atoms with Crippen LogP contribution in [0.25, 0.3) is 0 Å². The van der Waals surface area contributed by atoms with Gasteiger partial charge in [0.1, 0.15) is 6.04 Å². The number of halogens is 3. The van der Waals surface area contributed by atoms with Crippen LogP contribution in [-0.4, -0.2) is 47.8 Å². The van der Waals surface area contributed by atoms with E-state index in [0.29, 0.717) is 13.0 Å². The molecule has 0 unspecified atom stereocenters. The number of benzene rings is 1. The van der Waals surface area contributed by atoms with Crippen molar-refractivity contribution < 1.29 is 22.8 Å². The molecule has 1 aliphatic rings. The van der Waals surface area contributed by atoms with Crippen LogP contribution in [0.3, 0.4) is 0 Å². The molecular weight excluding hydrogens is 321 g/mol. The van der Waals surface area contributed by atoms with Crippen molar-refractivity contribution >= 4 is 11.8 Å². The molecule has 1 aromatic rings. The van der Waals surface area contributed by atoms with E-state index in [1.807, 2.05) is 6.92 Å². The number of unbranched alkanes of at least 4 members (excludes halogenated alkanes) is 1. The smallest absolute Gasteiger partial charge is 0.342 e. The molecule has 7 heteroatoms. The summed E-state index contributed by atoms with van der Waals surface area (Å²) in [5.41, 5.74) is -1.36. The van der Waals surface area contributed by atoms with Crippen molar-refractivity contribution in [2.75, 3.05) is 20.1 Å². The molecule has 4 nitrogen and oxygen atoms in total. The third-order valence-corrected chi connectivity index (χ3v) is 4.27. The second-order valence-corrected chi connectivity index (χ2v) is 5.96. The topological polar surface area (TPSA) is 40.6 Å². The van der Waals surface area contributed by atoms with Gasteiger partial charge in [0.25, 0.3) is 5.91 Å². The Morgan fingerprint density at radius 2 is 1.92 bits per heavy atom. The first kappa shape index (κ1) is 18.3. The lowest BCUT2D eigenvalue weighted by molar-refractivity contribution is -0.139. The molecule has 1 fully saturated rings. The summed E-state index contributed by atoms with van der Waals surface area (Å²) in [6.07, 6.45) is -2.58. The lowest BCUT2D eigenvalue weighted by Gasteiger charge is -2.39. The normalized spacial score (nSPS) is 18.9. The number of hydrogen-bond donors (Lipinski definition) is 0. The molecule has 1 saturated heterocycles. The monoisotopic (exact) mass is 342 g/mol. The van der Waals surface area contributed by atoms with Crippen molar-refractivity contribution in [2.24, 2.45) is 0 Å². The summed E-state index contributed by atoms with van der Waals surface area (Å²) in [4.78, 5) is 27.9. The van der Waals surface area contributed by atoms with Crippen LogP contribution in [0, 0.1) is 0 Å². The Bertz CT molecular complexity index is 616. The van der Waals surface area contributed by atoms with Gasteiger partial charge in [0.2, 0.25) is 5.91 Å². The van der Waals surface area contributed by atoms with Gasteiger partial charge in [-0.2, -0.15) is 13.2 Å². The van der Waals surface area contributed by atoms with Gasteiger partial charge in [-0.15, -0.1) is 0 Å². The number of hydrogen-bond acceptors (Lipinski definition) is 2. The highest BCUT2D eigenvalue weighted by atomic mass is 19.4. The van der Waals surface area contributed by atoms with E-state index in [2.05, 4.69) is 0 Å². The molecule has 1 heterocycles. The number of carbonyl (C=O) groups excluding carboxylic acids is 2. The fourth-order valence-corrected chi connectivity index (χ4v) is 2.90. The van der Waals surface area contributed by atoms with E-state index in [1.54, 1.807) is 7.05 Å². The SMILES string of the molecule is CCCC[C@@H]1C(=O)N(C)CCN1C(=O)c1ccccc1C(F)(F)F. The summed E-state index contributed by atoms with van der Waals surface area (Å²) >= 11 is 0. The zero-order valence-electron chi connectivity index (χ0n) is 13.8. The fourth-order valence-electron chi connectivity index (χ4n) is 2.90. The third kappa shape index (κ3) is 3.71. The summed E-state index contributed by atoms with van der Waals surface area (Å²) < 4.78 is 39.5. The number of alkyl halides is 3. The number of amides is 2. The zero-order chi connectivity index (χ0) is 17.9. The van der Waals surface area contributed by atoms with Crippen molar-refractivity contribution in [3.63, 3.8) is 0 Å². The van der Waals surface area contributed by atoms with Crippen LogP contribution in [0.2, 0.25) is 0 Å². The average Bonchev–Trinajstić information content (AvgIpc) is 2.55. The van der Waals surface area contributed by atoms with E-state index in [4.69, 9.17) is 0 Å². The van der Waals surface area contributed by atoms with Gasteiger partial charge in [-0.05, 0) is 18.6 Å². The van der Waals surface area contributed by atoms with E-state index in [1.165, 1.54) is 28.0 Å². The molecule has 1 aliphatic heterocycles. The standard InChI is InChI=1S/C17H21F3N2O2/c1-3-4-9-14-16(24)21(2)10-11-22(14)15(23)12-7-5-6-8-13(12)17(18,19)20/h5-8,14H,3-4,9-11H2,1-2H3/t14-/m1/s1. The lowest BCUT2D eigenvalue weighted by Crippen LogP contribution is -2.57. The Morgan fingerprint density at radius 3 is 2.54 bits per heavy atom. The van der Waals surface area contributed by atoms with E-state index in [-0.39, 0.29) is 12.5 Å². The molecule has 0 spiro atoms. The second kappa shape index (κ2) is 7.23. The summed E-state index contributed by atoms with van der Waals surface area (Å²) in [6, 6.07) is 4.03. The highest BCUT2D eigenvalue weighted by molar-refractivity contribution is 5.99. The maximum absolute atomic E-state index is 13.2. The van der Waals surface area contributed by atoms with Crippen LogP contribution in [-0.2, 0) is 11.0 Å². The molecule has 0 aromatic heterocycles. The molecule has 0 saturated carbocycles. The highest BCUT2D eigenvalue weighted by Gasteiger charge is 2.40. The first-order chi connectivity index (χ1) is 11.3. The van der Waals surface area contributed by atoms with Crippen molar-refractivity contribution in [1.29, 1.82) is 0 Å². The molecule has 0 radical (unpaired) electrons. The van der Waals surface area contributed by atoms with Gasteiger partial charge in [-0.1, -0.05) is 31.9 Å². The van der Waals surface area contributed by atoms with Gasteiger partial charge < -0.3 is 9.80 Å². The minimum Gasteiger partial charge on any atom is -0.342 e. The van der Waals surface area contributed by atoms with E-state index in [0.717, 1.165) is 18.9 Å². The summed E-state index contributed by atoms with van der Waals surface area (Å²) in [7, 11) is 1.65. The Labute approximate surface area is 139 Å². The molecule has 2 amide bonds. The largest absolute Gasteiger partial charge is 0.417 e. The van der Waals surface area contributed by atoms with E-state index >= 15 is 0 Å². The van der Waals surface area contributed by atoms with Crippen LogP contribution in [0.4, 0.5) is 13.2 Å². The third-order valence-electron chi connectivity index (χ3n) is 4.27. The highest BCUT2D eigenvalue weighted by Crippen LogP contribution is 2.33. The molecular formula is C17H21F3N2O2. The van der Waals surface area contributed by atoms with Gasteiger partial charge in [0.05, 0.1) is 11.1 Å². The molecule has 0 N–H and O–H groups in total. The van der Waals surface area contributed by atoms with Crippen molar-refractivity contribution in [2.45, 2.75) is 38.4 Å². The lowest BCUT2D eigenvalue weighted by atomic mass is 10.0. The van der Waals surface area contributed by atoms with Crippen LogP contribution < -0.4 is 0 Å². The maximum Gasteiger partial charge on any atom is 0.417 e. The van der Waals surface area contributed by atoms with Gasteiger partial charge in [-0.25, -0.2) is 0 Å². The summed E-state index contributed by atoms with van der Waals surface area (Å²) in [5.74, 6) is -0.946. The van der Waals surface area contributed by atoms with Crippen LogP contribution in [0.15, 0.2) is 24.3 Å². The van der Waals surface area contributed by atoms with Gasteiger partial charge in [0, 0.05) is 20.1 Å². The number of rotatable bonds is 4. The van der Waals surface area contributed by atoms with Gasteiger partial charge in [0.15, 0.2) is 0 Å². The van der Waals surface area contributed by atoms with E-state index in [9.17, 15) is 22.8 Å². The van der Waals surface area contributed by atoms with Gasteiger partial charge >= 0.3 is 6.18 Å². The molecule has 1 aromatic carbocycles. The molecule has 0 aliphatic carbocycles. The van der Waals surface area contributed by atoms with Crippen LogP contribution in [0.5, 0.6) is 0 Å². The quantitative estimate of drug-likeness (QED) is 0.843. The van der Waals surface area contributed by atoms with Gasteiger partial charge in [-0.3, -0.25) is 9.59 Å². The van der Waals surface area contributed by atoms with E-state index < -0.39 is 29.3 Å². The summed E-state index contributed by atoms with van der Waals surface area (Å²) in [6.45, 7) is 2.52. The van der Waals surface area contributed by atoms with Crippen molar-refractivity contribution in [3.05, 3.63) is 35.4 Å².